The van der Waals surface area contributed by atoms with E-state index in [0.717, 1.165) is 9.75 Å². The zero-order valence-electron chi connectivity index (χ0n) is 9.38. The summed E-state index contributed by atoms with van der Waals surface area (Å²) in [6, 6.07) is 6.34. The first-order valence-electron chi connectivity index (χ1n) is 5.06. The number of hydrogen-bond acceptors (Lipinski definition) is 2. The maximum absolute atomic E-state index is 13.4. The van der Waals surface area contributed by atoms with E-state index < -0.39 is 5.82 Å². The summed E-state index contributed by atoms with van der Waals surface area (Å²) >= 11 is 4.69. The molecule has 17 heavy (non-hydrogen) atoms. The second kappa shape index (κ2) is 4.70. The summed E-state index contributed by atoms with van der Waals surface area (Å²) in [5.74, 6) is -0.557. The normalized spacial score (nSPS) is 10.6. The SMILES string of the molecule is Cc1cc(C(=O)c2cccc(F)c2Br)c(C)s1. The molecule has 2 aromatic rings. The zero-order chi connectivity index (χ0) is 12.6. The Balaban J connectivity index is 2.51. The number of ketones is 1. The highest BCUT2D eigenvalue weighted by molar-refractivity contribution is 9.10. The Morgan fingerprint density at radius 3 is 2.59 bits per heavy atom. The van der Waals surface area contributed by atoms with Crippen molar-refractivity contribution in [2.45, 2.75) is 13.8 Å². The van der Waals surface area contributed by atoms with Crippen molar-refractivity contribution in [1.29, 1.82) is 0 Å². The first-order chi connectivity index (χ1) is 8.00. The summed E-state index contributed by atoms with van der Waals surface area (Å²) in [5.41, 5.74) is 1.02. The lowest BCUT2D eigenvalue weighted by Gasteiger charge is -2.03. The Kier molecular flexibility index (Phi) is 3.45. The minimum absolute atomic E-state index is 0.141. The first-order valence-corrected chi connectivity index (χ1v) is 6.67. The molecule has 1 aromatic heterocycles. The Bertz CT molecular complexity index is 589. The molecule has 1 nitrogen and oxygen atoms in total. The molecule has 1 heterocycles. The molecule has 4 heteroatoms. The molecular formula is C13H10BrFOS. The van der Waals surface area contributed by atoms with Gasteiger partial charge in [0.2, 0.25) is 0 Å². The van der Waals surface area contributed by atoms with Gasteiger partial charge in [0.1, 0.15) is 5.82 Å². The van der Waals surface area contributed by atoms with E-state index in [1.165, 1.54) is 6.07 Å². The molecule has 0 amide bonds. The van der Waals surface area contributed by atoms with E-state index in [0.29, 0.717) is 11.1 Å². The summed E-state index contributed by atoms with van der Waals surface area (Å²) in [6.45, 7) is 3.85. The van der Waals surface area contributed by atoms with Crippen LogP contribution in [0.2, 0.25) is 0 Å². The van der Waals surface area contributed by atoms with E-state index in [-0.39, 0.29) is 10.3 Å². The Hall–Kier alpha value is -1.000. The minimum Gasteiger partial charge on any atom is -0.289 e. The highest BCUT2D eigenvalue weighted by Gasteiger charge is 2.18. The number of halogens is 2. The average Bonchev–Trinajstić information content (AvgIpc) is 2.61. The molecule has 0 saturated carbocycles. The van der Waals surface area contributed by atoms with Crippen LogP contribution >= 0.6 is 27.3 Å². The maximum Gasteiger partial charge on any atom is 0.195 e. The van der Waals surface area contributed by atoms with Crippen LogP contribution in [0.1, 0.15) is 25.7 Å². The van der Waals surface area contributed by atoms with Gasteiger partial charge in [0.05, 0.1) is 4.47 Å². The van der Waals surface area contributed by atoms with Crippen LogP contribution in [0.5, 0.6) is 0 Å². The summed E-state index contributed by atoms with van der Waals surface area (Å²) < 4.78 is 13.6. The van der Waals surface area contributed by atoms with Crippen molar-refractivity contribution in [3.63, 3.8) is 0 Å². The largest absolute Gasteiger partial charge is 0.289 e. The van der Waals surface area contributed by atoms with Gasteiger partial charge in [-0.25, -0.2) is 4.39 Å². The number of thiophene rings is 1. The quantitative estimate of drug-likeness (QED) is 0.746. The summed E-state index contributed by atoms with van der Waals surface area (Å²) in [5, 5.41) is 0. The lowest BCUT2D eigenvalue weighted by Crippen LogP contribution is -2.03. The van der Waals surface area contributed by atoms with Gasteiger partial charge in [0.15, 0.2) is 5.78 Å². The second-order valence-electron chi connectivity index (χ2n) is 3.76. The van der Waals surface area contributed by atoms with Gasteiger partial charge in [-0.1, -0.05) is 6.07 Å². The van der Waals surface area contributed by atoms with Crippen LogP contribution in [0.3, 0.4) is 0 Å². The topological polar surface area (TPSA) is 17.1 Å². The average molecular weight is 313 g/mol. The smallest absolute Gasteiger partial charge is 0.195 e. The van der Waals surface area contributed by atoms with E-state index in [4.69, 9.17) is 0 Å². The Morgan fingerprint density at radius 2 is 2.00 bits per heavy atom. The van der Waals surface area contributed by atoms with Crippen molar-refractivity contribution in [3.8, 4) is 0 Å². The Labute approximate surface area is 111 Å². The first kappa shape index (κ1) is 12.5. The standard InChI is InChI=1S/C13H10BrFOS/c1-7-6-10(8(2)17-7)13(16)9-4-3-5-11(15)12(9)14/h3-6H,1-2H3. The van der Waals surface area contributed by atoms with Crippen LogP contribution in [-0.2, 0) is 0 Å². The van der Waals surface area contributed by atoms with Gasteiger partial charge in [0.25, 0.3) is 0 Å². The monoisotopic (exact) mass is 312 g/mol. The molecule has 0 atom stereocenters. The van der Waals surface area contributed by atoms with Gasteiger partial charge < -0.3 is 0 Å². The van der Waals surface area contributed by atoms with Crippen LogP contribution < -0.4 is 0 Å². The maximum atomic E-state index is 13.4. The second-order valence-corrected chi connectivity index (χ2v) is 6.01. The van der Waals surface area contributed by atoms with Gasteiger partial charge >= 0.3 is 0 Å². The van der Waals surface area contributed by atoms with Gasteiger partial charge in [-0.05, 0) is 48.0 Å². The van der Waals surface area contributed by atoms with Gasteiger partial charge in [-0.15, -0.1) is 11.3 Å². The van der Waals surface area contributed by atoms with Crippen LogP contribution in [0.25, 0.3) is 0 Å². The van der Waals surface area contributed by atoms with Gasteiger partial charge in [-0.3, -0.25) is 4.79 Å². The molecule has 0 bridgehead atoms. The molecule has 0 aliphatic heterocycles. The number of carbonyl (C=O) groups excluding carboxylic acids is 1. The number of rotatable bonds is 2. The third kappa shape index (κ3) is 2.33. The molecule has 88 valence electrons. The molecular weight excluding hydrogens is 303 g/mol. The highest BCUT2D eigenvalue weighted by Crippen LogP contribution is 2.27. The summed E-state index contributed by atoms with van der Waals surface area (Å²) in [7, 11) is 0. The molecule has 2 rings (SSSR count). The fourth-order valence-corrected chi connectivity index (χ4v) is 3.05. The van der Waals surface area contributed by atoms with Crippen molar-refractivity contribution in [2.75, 3.05) is 0 Å². The van der Waals surface area contributed by atoms with Crippen LogP contribution in [0.4, 0.5) is 4.39 Å². The predicted molar refractivity (Wildman–Crippen MR) is 71.3 cm³/mol. The van der Waals surface area contributed by atoms with Crippen LogP contribution in [0, 0.1) is 19.7 Å². The van der Waals surface area contributed by atoms with Crippen molar-refractivity contribution < 1.29 is 9.18 Å². The summed E-state index contributed by atoms with van der Waals surface area (Å²) in [6.07, 6.45) is 0. The van der Waals surface area contributed by atoms with Crippen LogP contribution in [0.15, 0.2) is 28.7 Å². The summed E-state index contributed by atoms with van der Waals surface area (Å²) in [4.78, 5) is 14.3. The molecule has 0 N–H and O–H groups in total. The third-order valence-electron chi connectivity index (χ3n) is 2.48. The molecule has 0 fully saturated rings. The number of carbonyl (C=O) groups is 1. The molecule has 0 aliphatic rings. The van der Waals surface area contributed by atoms with Crippen molar-refractivity contribution >= 4 is 33.0 Å². The van der Waals surface area contributed by atoms with Crippen LogP contribution in [-0.4, -0.2) is 5.78 Å². The molecule has 0 saturated heterocycles. The molecule has 0 unspecified atom stereocenters. The number of hydrogen-bond donors (Lipinski definition) is 0. The van der Waals surface area contributed by atoms with Gasteiger partial charge in [0, 0.05) is 20.9 Å². The Morgan fingerprint density at radius 1 is 1.29 bits per heavy atom. The lowest BCUT2D eigenvalue weighted by atomic mass is 10.0. The zero-order valence-corrected chi connectivity index (χ0v) is 11.8. The number of benzene rings is 1. The van der Waals surface area contributed by atoms with E-state index in [2.05, 4.69) is 15.9 Å². The highest BCUT2D eigenvalue weighted by atomic mass is 79.9. The third-order valence-corrected chi connectivity index (χ3v) is 4.25. The molecule has 1 aromatic carbocycles. The fraction of sp³-hybridized carbons (Fsp3) is 0.154. The fourth-order valence-electron chi connectivity index (χ4n) is 1.68. The van der Waals surface area contributed by atoms with E-state index in [1.54, 1.807) is 23.5 Å². The van der Waals surface area contributed by atoms with E-state index in [1.807, 2.05) is 19.9 Å². The van der Waals surface area contributed by atoms with Crippen molar-refractivity contribution in [2.24, 2.45) is 0 Å². The predicted octanol–water partition coefficient (Wildman–Crippen LogP) is 4.50. The van der Waals surface area contributed by atoms with E-state index in [9.17, 15) is 9.18 Å². The molecule has 0 spiro atoms. The number of aryl methyl sites for hydroxylation is 2. The molecule has 0 aliphatic carbocycles. The van der Waals surface area contributed by atoms with Gasteiger partial charge in [-0.2, -0.15) is 0 Å². The van der Waals surface area contributed by atoms with Crippen molar-refractivity contribution in [3.05, 3.63) is 55.4 Å². The lowest BCUT2D eigenvalue weighted by molar-refractivity contribution is 0.103. The van der Waals surface area contributed by atoms with Crippen molar-refractivity contribution in [1.82, 2.24) is 0 Å². The van der Waals surface area contributed by atoms with E-state index >= 15 is 0 Å². The minimum atomic E-state index is -0.416. The molecule has 0 radical (unpaired) electrons.